The summed E-state index contributed by atoms with van der Waals surface area (Å²) in [7, 11) is 0. The molecule has 9 nitrogen and oxygen atoms in total. The van der Waals surface area contributed by atoms with Crippen molar-refractivity contribution < 1.29 is 9.18 Å². The minimum atomic E-state index is -0.637. The summed E-state index contributed by atoms with van der Waals surface area (Å²) in [6, 6.07) is 17.5. The topological polar surface area (TPSA) is 92.5 Å². The van der Waals surface area contributed by atoms with Crippen molar-refractivity contribution in [3.05, 3.63) is 93.0 Å². The van der Waals surface area contributed by atoms with E-state index in [-0.39, 0.29) is 34.9 Å². The number of pyridine rings is 1. The molecule has 4 aromatic rings. The fourth-order valence-corrected chi connectivity index (χ4v) is 6.91. The molecule has 1 aliphatic heterocycles. The highest BCUT2D eigenvalue weighted by atomic mass is 19.1. The Morgan fingerprint density at radius 2 is 1.62 bits per heavy atom. The van der Waals surface area contributed by atoms with E-state index in [1.54, 1.807) is 0 Å². The maximum Gasteiger partial charge on any atom is 0.337 e. The Morgan fingerprint density at radius 3 is 2.28 bits per heavy atom. The summed E-state index contributed by atoms with van der Waals surface area (Å²) in [6.45, 7) is 13.4. The highest BCUT2D eigenvalue weighted by Crippen LogP contribution is 2.28. The fraction of sp³-hybridized carbons (Fsp3) is 0.459. The first-order chi connectivity index (χ1) is 22.6. The van der Waals surface area contributed by atoms with E-state index in [2.05, 4.69) is 58.2 Å². The van der Waals surface area contributed by atoms with Crippen LogP contribution in [-0.2, 0) is 11.3 Å². The second-order valence-corrected chi connectivity index (χ2v) is 13.6. The Balaban J connectivity index is 1.28. The van der Waals surface area contributed by atoms with Gasteiger partial charge in [-0.1, -0.05) is 50.2 Å². The Hall–Kier alpha value is -4.15. The summed E-state index contributed by atoms with van der Waals surface area (Å²) in [5.41, 5.74) is 2.81. The molecule has 1 saturated carbocycles. The van der Waals surface area contributed by atoms with Gasteiger partial charge in [-0.25, -0.2) is 18.7 Å². The third-order valence-electron chi connectivity index (χ3n) is 9.76. The van der Waals surface area contributed by atoms with Crippen LogP contribution in [0.25, 0.3) is 27.8 Å². The van der Waals surface area contributed by atoms with Gasteiger partial charge in [0.1, 0.15) is 5.82 Å². The first kappa shape index (κ1) is 32.8. The average molecular weight is 641 g/mol. The van der Waals surface area contributed by atoms with Crippen molar-refractivity contribution in [2.24, 2.45) is 5.92 Å². The van der Waals surface area contributed by atoms with Gasteiger partial charge in [-0.15, -0.1) is 0 Å². The number of halogens is 1. The van der Waals surface area contributed by atoms with E-state index in [0.29, 0.717) is 37.4 Å². The number of rotatable bonds is 8. The molecule has 1 N–H and O–H groups in total. The SMILES string of the molecule is CC(C)C(=O)NC1CCC(n2c(=O)c3cc(F)cnc3n(-c3cccc(-c4ccc(CN5CCN(C(C)C)CC5)cc4)c3)c2=O)CC1. The van der Waals surface area contributed by atoms with Crippen molar-refractivity contribution in [1.29, 1.82) is 0 Å². The summed E-state index contributed by atoms with van der Waals surface area (Å²) in [4.78, 5) is 49.4. The minimum Gasteiger partial charge on any atom is -0.353 e. The maximum atomic E-state index is 14.4. The van der Waals surface area contributed by atoms with Gasteiger partial charge in [-0.3, -0.25) is 24.0 Å². The Morgan fingerprint density at radius 1 is 0.915 bits per heavy atom. The van der Waals surface area contributed by atoms with Crippen molar-refractivity contribution in [2.45, 2.75) is 78.0 Å². The first-order valence-corrected chi connectivity index (χ1v) is 16.9. The van der Waals surface area contributed by atoms with Gasteiger partial charge in [-0.05, 0) is 74.4 Å². The molecule has 0 radical (unpaired) electrons. The van der Waals surface area contributed by atoms with Crippen molar-refractivity contribution in [1.82, 2.24) is 29.2 Å². The van der Waals surface area contributed by atoms with Crippen LogP contribution >= 0.6 is 0 Å². The number of nitrogens with one attached hydrogen (secondary N) is 1. The lowest BCUT2D eigenvalue weighted by atomic mass is 9.90. The predicted octanol–water partition coefficient (Wildman–Crippen LogP) is 5.14. The molecular weight excluding hydrogens is 595 g/mol. The molecule has 3 heterocycles. The lowest BCUT2D eigenvalue weighted by molar-refractivity contribution is -0.125. The summed E-state index contributed by atoms with van der Waals surface area (Å²) in [5, 5.41) is 3.13. The van der Waals surface area contributed by atoms with Crippen LogP contribution in [0.15, 0.2) is 70.4 Å². The summed E-state index contributed by atoms with van der Waals surface area (Å²) in [5.74, 6) is -0.757. The number of carbonyl (C=O) groups is 1. The summed E-state index contributed by atoms with van der Waals surface area (Å²) >= 11 is 0. The normalized spacial score (nSPS) is 19.5. The van der Waals surface area contributed by atoms with Crippen LogP contribution in [0.5, 0.6) is 0 Å². The molecule has 2 aromatic carbocycles. The molecule has 0 unspecified atom stereocenters. The molecule has 0 atom stereocenters. The number of benzene rings is 2. The Labute approximate surface area is 275 Å². The van der Waals surface area contributed by atoms with Gasteiger partial charge in [0.05, 0.1) is 17.3 Å². The molecule has 47 heavy (non-hydrogen) atoms. The summed E-state index contributed by atoms with van der Waals surface area (Å²) in [6.07, 6.45) is 3.43. The van der Waals surface area contributed by atoms with E-state index in [1.807, 2.05) is 38.1 Å². The van der Waals surface area contributed by atoms with Crippen molar-refractivity contribution in [3.63, 3.8) is 0 Å². The van der Waals surface area contributed by atoms with Gasteiger partial charge in [0.15, 0.2) is 5.65 Å². The van der Waals surface area contributed by atoms with Crippen LogP contribution in [0.4, 0.5) is 4.39 Å². The zero-order chi connectivity index (χ0) is 33.2. The molecule has 1 aliphatic carbocycles. The second kappa shape index (κ2) is 13.9. The van der Waals surface area contributed by atoms with E-state index < -0.39 is 17.1 Å². The van der Waals surface area contributed by atoms with Gasteiger partial charge < -0.3 is 5.32 Å². The number of fused-ring (bicyclic) bond motifs is 1. The number of piperazine rings is 1. The largest absolute Gasteiger partial charge is 0.353 e. The van der Waals surface area contributed by atoms with Crippen LogP contribution in [0.2, 0.25) is 0 Å². The van der Waals surface area contributed by atoms with E-state index in [4.69, 9.17) is 0 Å². The zero-order valence-electron chi connectivity index (χ0n) is 27.8. The van der Waals surface area contributed by atoms with E-state index in [1.165, 1.54) is 14.7 Å². The fourth-order valence-electron chi connectivity index (χ4n) is 6.91. The molecular formula is C37H45FN6O3. The van der Waals surface area contributed by atoms with Gasteiger partial charge in [0.2, 0.25) is 5.91 Å². The molecule has 6 rings (SSSR count). The van der Waals surface area contributed by atoms with Gasteiger partial charge in [-0.2, -0.15) is 0 Å². The summed E-state index contributed by atoms with van der Waals surface area (Å²) < 4.78 is 17.1. The van der Waals surface area contributed by atoms with E-state index >= 15 is 0 Å². The highest BCUT2D eigenvalue weighted by Gasteiger charge is 2.28. The van der Waals surface area contributed by atoms with Crippen LogP contribution in [0, 0.1) is 11.7 Å². The number of aromatic nitrogens is 3. The maximum absolute atomic E-state index is 14.4. The quantitative estimate of drug-likeness (QED) is 0.287. The average Bonchev–Trinajstić information content (AvgIpc) is 3.06. The third-order valence-corrected chi connectivity index (χ3v) is 9.76. The highest BCUT2D eigenvalue weighted by molar-refractivity contribution is 5.78. The van der Waals surface area contributed by atoms with Crippen LogP contribution in [0.3, 0.4) is 0 Å². The number of nitrogens with zero attached hydrogens (tertiary/aromatic N) is 5. The minimum absolute atomic E-state index is 0.00296. The van der Waals surface area contributed by atoms with E-state index in [0.717, 1.165) is 56.1 Å². The van der Waals surface area contributed by atoms with Gasteiger partial charge in [0, 0.05) is 56.8 Å². The number of hydrogen-bond donors (Lipinski definition) is 1. The standard InChI is InChI=1S/C37H45FN6O3/c1-24(2)35(45)40-30-12-14-31(15-13-30)44-36(46)33-21-29(38)22-39-34(33)43(37(44)47)32-7-5-6-28(20-32)27-10-8-26(9-11-27)23-41-16-18-42(19-17-41)25(3)4/h5-11,20-22,24-25,30-31H,12-19,23H2,1-4H3,(H,40,45). The smallest absolute Gasteiger partial charge is 0.337 e. The van der Waals surface area contributed by atoms with Crippen LogP contribution in [-0.4, -0.2) is 68.1 Å². The molecule has 2 aromatic heterocycles. The van der Waals surface area contributed by atoms with Gasteiger partial charge >= 0.3 is 5.69 Å². The molecule has 1 amide bonds. The lowest BCUT2D eigenvalue weighted by Gasteiger charge is -2.36. The van der Waals surface area contributed by atoms with Crippen molar-refractivity contribution in [3.8, 4) is 16.8 Å². The molecule has 2 fully saturated rings. The second-order valence-electron chi connectivity index (χ2n) is 13.6. The number of hydrogen-bond acceptors (Lipinski definition) is 6. The van der Waals surface area contributed by atoms with Crippen molar-refractivity contribution in [2.75, 3.05) is 26.2 Å². The predicted molar refractivity (Wildman–Crippen MR) is 183 cm³/mol. The van der Waals surface area contributed by atoms with E-state index in [9.17, 15) is 18.8 Å². The molecule has 2 aliphatic rings. The molecule has 10 heteroatoms. The number of amides is 1. The van der Waals surface area contributed by atoms with Gasteiger partial charge in [0.25, 0.3) is 5.56 Å². The molecule has 248 valence electrons. The number of carbonyl (C=O) groups excluding carboxylic acids is 1. The lowest BCUT2D eigenvalue weighted by Crippen LogP contribution is -2.48. The molecule has 0 spiro atoms. The molecule has 1 saturated heterocycles. The Bertz CT molecular complexity index is 1850. The monoisotopic (exact) mass is 640 g/mol. The van der Waals surface area contributed by atoms with Crippen LogP contribution < -0.4 is 16.6 Å². The first-order valence-electron chi connectivity index (χ1n) is 16.9. The zero-order valence-corrected chi connectivity index (χ0v) is 27.8. The Kier molecular flexibility index (Phi) is 9.70. The van der Waals surface area contributed by atoms with Crippen molar-refractivity contribution >= 4 is 16.9 Å². The molecule has 0 bridgehead atoms. The third kappa shape index (κ3) is 7.09. The van der Waals surface area contributed by atoms with Crippen LogP contribution in [0.1, 0.15) is 65.0 Å².